The Kier molecular flexibility index (Phi) is 2.23. The molecule has 92 valence electrons. The fourth-order valence-electron chi connectivity index (χ4n) is 2.68. The standard InChI is InChI=1S/C13H11NO4/c1-18-13(17)8-5-6-14-10-7(8)3-2-4-9(10)11(15)12(14)16/h2-4,8H,5-6H2,1H3. The Morgan fingerprint density at radius 3 is 2.89 bits per heavy atom. The first kappa shape index (κ1) is 11.0. The summed E-state index contributed by atoms with van der Waals surface area (Å²) in [5, 5.41) is 0. The fourth-order valence-corrected chi connectivity index (χ4v) is 2.68. The minimum atomic E-state index is -0.499. The first-order valence-electron chi connectivity index (χ1n) is 5.72. The largest absolute Gasteiger partial charge is 0.469 e. The van der Waals surface area contributed by atoms with Gasteiger partial charge in [0.2, 0.25) is 0 Å². The predicted octanol–water partition coefficient (Wildman–Crippen LogP) is 0.876. The number of rotatable bonds is 1. The number of anilines is 1. The molecule has 0 aliphatic carbocycles. The second kappa shape index (κ2) is 3.66. The monoisotopic (exact) mass is 245 g/mol. The van der Waals surface area contributed by atoms with Gasteiger partial charge in [-0.05, 0) is 18.1 Å². The van der Waals surface area contributed by atoms with Gasteiger partial charge in [-0.3, -0.25) is 14.4 Å². The average Bonchev–Trinajstić information content (AvgIpc) is 2.66. The molecule has 3 rings (SSSR count). The van der Waals surface area contributed by atoms with Crippen LogP contribution in [0.15, 0.2) is 18.2 Å². The van der Waals surface area contributed by atoms with Crippen LogP contribution in [0.4, 0.5) is 5.69 Å². The van der Waals surface area contributed by atoms with E-state index in [4.69, 9.17) is 4.74 Å². The van der Waals surface area contributed by atoms with Gasteiger partial charge in [0, 0.05) is 6.54 Å². The molecule has 0 aromatic heterocycles. The van der Waals surface area contributed by atoms with Gasteiger partial charge in [-0.25, -0.2) is 0 Å². The third kappa shape index (κ3) is 1.24. The number of methoxy groups -OCH3 is 1. The summed E-state index contributed by atoms with van der Waals surface area (Å²) in [5.74, 6) is -1.70. The van der Waals surface area contributed by atoms with Gasteiger partial charge in [0.1, 0.15) is 0 Å². The molecule has 1 unspecified atom stereocenters. The molecule has 1 atom stereocenters. The molecule has 0 saturated carbocycles. The van der Waals surface area contributed by atoms with Crippen molar-refractivity contribution in [3.8, 4) is 0 Å². The lowest BCUT2D eigenvalue weighted by molar-refractivity contribution is -0.142. The second-order valence-corrected chi connectivity index (χ2v) is 4.39. The summed E-state index contributed by atoms with van der Waals surface area (Å²) >= 11 is 0. The number of esters is 1. The summed E-state index contributed by atoms with van der Waals surface area (Å²) in [6.45, 7) is 0.383. The van der Waals surface area contributed by atoms with Crippen molar-refractivity contribution in [2.75, 3.05) is 18.6 Å². The summed E-state index contributed by atoms with van der Waals surface area (Å²) in [5.41, 5.74) is 1.70. The number of benzene rings is 1. The van der Waals surface area contributed by atoms with E-state index in [1.807, 2.05) is 0 Å². The number of ether oxygens (including phenoxy) is 1. The summed E-state index contributed by atoms with van der Waals surface area (Å²) in [6.07, 6.45) is 0.488. The van der Waals surface area contributed by atoms with Crippen LogP contribution in [-0.2, 0) is 14.3 Å². The molecule has 5 heteroatoms. The van der Waals surface area contributed by atoms with Crippen molar-refractivity contribution in [2.24, 2.45) is 0 Å². The number of hydrogen-bond donors (Lipinski definition) is 0. The van der Waals surface area contributed by atoms with E-state index in [-0.39, 0.29) is 11.9 Å². The Hall–Kier alpha value is -2.17. The van der Waals surface area contributed by atoms with Gasteiger partial charge in [0.25, 0.3) is 11.7 Å². The van der Waals surface area contributed by atoms with E-state index in [0.29, 0.717) is 29.8 Å². The highest BCUT2D eigenvalue weighted by molar-refractivity contribution is 6.52. The first-order valence-corrected chi connectivity index (χ1v) is 5.72. The molecule has 1 amide bonds. The van der Waals surface area contributed by atoms with E-state index in [1.54, 1.807) is 18.2 Å². The summed E-state index contributed by atoms with van der Waals surface area (Å²) in [4.78, 5) is 36.8. The molecule has 0 spiro atoms. The number of hydrogen-bond acceptors (Lipinski definition) is 4. The Labute approximate surface area is 103 Å². The normalized spacial score (nSPS) is 20.9. The molecule has 1 aromatic rings. The molecular formula is C13H11NO4. The van der Waals surface area contributed by atoms with Crippen LogP contribution in [0.1, 0.15) is 28.3 Å². The molecule has 2 heterocycles. The lowest BCUT2D eigenvalue weighted by Crippen LogP contribution is -2.36. The van der Waals surface area contributed by atoms with Crippen molar-refractivity contribution < 1.29 is 19.1 Å². The van der Waals surface area contributed by atoms with Gasteiger partial charge in [-0.15, -0.1) is 0 Å². The Balaban J connectivity index is 2.18. The molecular weight excluding hydrogens is 234 g/mol. The first-order chi connectivity index (χ1) is 8.65. The molecule has 0 fully saturated rings. The van der Waals surface area contributed by atoms with Gasteiger partial charge < -0.3 is 9.64 Å². The molecule has 1 aromatic carbocycles. The smallest absolute Gasteiger partial charge is 0.313 e. The molecule has 0 bridgehead atoms. The Morgan fingerprint density at radius 1 is 1.39 bits per heavy atom. The molecule has 0 N–H and O–H groups in total. The van der Waals surface area contributed by atoms with E-state index in [0.717, 1.165) is 0 Å². The molecule has 18 heavy (non-hydrogen) atoms. The number of Topliss-reactive ketones (excluding diaryl/α,β-unsaturated/α-hetero) is 1. The van der Waals surface area contributed by atoms with Crippen LogP contribution < -0.4 is 4.90 Å². The minimum Gasteiger partial charge on any atom is -0.469 e. The molecule has 0 saturated heterocycles. The van der Waals surface area contributed by atoms with Crippen LogP contribution in [0.3, 0.4) is 0 Å². The zero-order valence-corrected chi connectivity index (χ0v) is 9.80. The highest BCUT2D eigenvalue weighted by Gasteiger charge is 2.43. The lowest BCUT2D eigenvalue weighted by Gasteiger charge is -2.29. The van der Waals surface area contributed by atoms with Gasteiger partial charge in [0.05, 0.1) is 24.3 Å². The minimum absolute atomic E-state index is 0.324. The van der Waals surface area contributed by atoms with Crippen molar-refractivity contribution in [3.05, 3.63) is 29.3 Å². The van der Waals surface area contributed by atoms with Gasteiger partial charge in [-0.2, -0.15) is 0 Å². The van der Waals surface area contributed by atoms with Gasteiger partial charge in [0.15, 0.2) is 0 Å². The highest BCUT2D eigenvalue weighted by Crippen LogP contribution is 2.42. The zero-order valence-electron chi connectivity index (χ0n) is 9.80. The highest BCUT2D eigenvalue weighted by atomic mass is 16.5. The Bertz CT molecular complexity index is 578. The van der Waals surface area contributed by atoms with E-state index in [9.17, 15) is 14.4 Å². The molecule has 2 aliphatic heterocycles. The van der Waals surface area contributed by atoms with Crippen molar-refractivity contribution >= 4 is 23.3 Å². The quantitative estimate of drug-likeness (QED) is 0.544. The van der Waals surface area contributed by atoms with Crippen molar-refractivity contribution in [2.45, 2.75) is 12.3 Å². The van der Waals surface area contributed by atoms with Crippen LogP contribution in [-0.4, -0.2) is 31.3 Å². The van der Waals surface area contributed by atoms with Crippen LogP contribution in [0.5, 0.6) is 0 Å². The van der Waals surface area contributed by atoms with Crippen molar-refractivity contribution in [1.82, 2.24) is 0 Å². The second-order valence-electron chi connectivity index (χ2n) is 4.39. The number of amides is 1. The molecule has 5 nitrogen and oxygen atoms in total. The van der Waals surface area contributed by atoms with Gasteiger partial charge in [-0.1, -0.05) is 12.1 Å². The third-order valence-electron chi connectivity index (χ3n) is 3.52. The van der Waals surface area contributed by atoms with Crippen LogP contribution in [0.2, 0.25) is 0 Å². The van der Waals surface area contributed by atoms with Crippen molar-refractivity contribution in [3.63, 3.8) is 0 Å². The number of nitrogens with zero attached hydrogens (tertiary/aromatic N) is 1. The van der Waals surface area contributed by atoms with Gasteiger partial charge >= 0.3 is 5.97 Å². The maximum Gasteiger partial charge on any atom is 0.313 e. The number of para-hydroxylation sites is 1. The topological polar surface area (TPSA) is 63.7 Å². The molecule has 2 aliphatic rings. The predicted molar refractivity (Wildman–Crippen MR) is 62.5 cm³/mol. The lowest BCUT2D eigenvalue weighted by atomic mass is 9.89. The number of carbonyl (C=O) groups excluding carboxylic acids is 3. The Morgan fingerprint density at radius 2 is 2.17 bits per heavy atom. The van der Waals surface area contributed by atoms with Crippen molar-refractivity contribution in [1.29, 1.82) is 0 Å². The van der Waals surface area contributed by atoms with Crippen LogP contribution >= 0.6 is 0 Å². The SMILES string of the molecule is COC(=O)C1CCN2C(=O)C(=O)c3cccc1c32. The maximum absolute atomic E-state index is 11.8. The van der Waals surface area contributed by atoms with E-state index in [1.165, 1.54) is 12.0 Å². The van der Waals surface area contributed by atoms with E-state index >= 15 is 0 Å². The van der Waals surface area contributed by atoms with Crippen LogP contribution in [0.25, 0.3) is 0 Å². The number of ketones is 1. The molecule has 0 radical (unpaired) electrons. The summed E-state index contributed by atoms with van der Waals surface area (Å²) < 4.78 is 4.77. The summed E-state index contributed by atoms with van der Waals surface area (Å²) in [6, 6.07) is 5.10. The summed E-state index contributed by atoms with van der Waals surface area (Å²) in [7, 11) is 1.34. The van der Waals surface area contributed by atoms with E-state index in [2.05, 4.69) is 0 Å². The number of carbonyl (C=O) groups is 3. The fraction of sp³-hybridized carbons (Fsp3) is 0.308. The average molecular weight is 245 g/mol. The van der Waals surface area contributed by atoms with E-state index < -0.39 is 11.7 Å². The maximum atomic E-state index is 11.8. The third-order valence-corrected chi connectivity index (χ3v) is 3.52. The zero-order chi connectivity index (χ0) is 12.9. The van der Waals surface area contributed by atoms with Crippen LogP contribution in [0, 0.1) is 0 Å².